The molecule has 0 aliphatic rings. The van der Waals surface area contributed by atoms with E-state index in [0.717, 1.165) is 6.07 Å². The standard InChI is InChI=1S/C13H8Cl2F3NO/c14-8-3-1-7(2-4-8)11(20)10-6-5-9(15)12(19-10)13(16,17)18/h1-6,11,20H. The van der Waals surface area contributed by atoms with Crippen LogP contribution in [0.5, 0.6) is 0 Å². The lowest BCUT2D eigenvalue weighted by Crippen LogP contribution is -2.12. The fourth-order valence-corrected chi connectivity index (χ4v) is 1.96. The molecule has 1 atom stereocenters. The number of halogens is 5. The van der Waals surface area contributed by atoms with Crippen LogP contribution in [0.4, 0.5) is 13.2 Å². The molecule has 0 bridgehead atoms. The Hall–Kier alpha value is -1.30. The van der Waals surface area contributed by atoms with Crippen molar-refractivity contribution in [3.05, 3.63) is 63.4 Å². The fourth-order valence-electron chi connectivity index (χ4n) is 1.62. The average Bonchev–Trinajstić information content (AvgIpc) is 2.38. The summed E-state index contributed by atoms with van der Waals surface area (Å²) in [5.41, 5.74) is -0.967. The van der Waals surface area contributed by atoms with Crippen LogP contribution in [0.2, 0.25) is 10.0 Å². The number of aliphatic hydroxyl groups is 1. The van der Waals surface area contributed by atoms with Crippen molar-refractivity contribution in [2.75, 3.05) is 0 Å². The van der Waals surface area contributed by atoms with Gasteiger partial charge in [0.15, 0.2) is 5.69 Å². The number of alkyl halides is 3. The highest BCUT2D eigenvalue weighted by molar-refractivity contribution is 6.31. The molecule has 0 amide bonds. The van der Waals surface area contributed by atoms with Crippen molar-refractivity contribution in [1.29, 1.82) is 0 Å². The van der Waals surface area contributed by atoms with Crippen LogP contribution in [-0.2, 0) is 6.18 Å². The van der Waals surface area contributed by atoms with Gasteiger partial charge in [-0.05, 0) is 29.8 Å². The number of benzene rings is 1. The van der Waals surface area contributed by atoms with Crippen LogP contribution in [-0.4, -0.2) is 10.1 Å². The SMILES string of the molecule is OC(c1ccc(Cl)cc1)c1ccc(Cl)c(C(F)(F)F)n1. The summed E-state index contributed by atoms with van der Waals surface area (Å²) in [6, 6.07) is 8.39. The van der Waals surface area contributed by atoms with Crippen molar-refractivity contribution in [2.24, 2.45) is 0 Å². The van der Waals surface area contributed by atoms with Crippen molar-refractivity contribution >= 4 is 23.2 Å². The Bertz CT molecular complexity index is 614. The summed E-state index contributed by atoms with van der Waals surface area (Å²) in [6.07, 6.45) is -5.96. The third-order valence-corrected chi connectivity index (χ3v) is 3.16. The molecule has 2 nitrogen and oxygen atoms in total. The van der Waals surface area contributed by atoms with Crippen LogP contribution in [0.1, 0.15) is 23.1 Å². The van der Waals surface area contributed by atoms with Crippen LogP contribution in [0.3, 0.4) is 0 Å². The van der Waals surface area contributed by atoms with Gasteiger partial charge in [-0.25, -0.2) is 4.98 Å². The first-order valence-electron chi connectivity index (χ1n) is 5.46. The lowest BCUT2D eigenvalue weighted by molar-refractivity contribution is -0.141. The minimum Gasteiger partial charge on any atom is -0.382 e. The van der Waals surface area contributed by atoms with Gasteiger partial charge in [-0.2, -0.15) is 13.2 Å². The monoisotopic (exact) mass is 321 g/mol. The van der Waals surface area contributed by atoms with E-state index in [1.807, 2.05) is 0 Å². The Morgan fingerprint density at radius 3 is 2.15 bits per heavy atom. The van der Waals surface area contributed by atoms with E-state index in [-0.39, 0.29) is 5.69 Å². The second-order valence-electron chi connectivity index (χ2n) is 4.02. The topological polar surface area (TPSA) is 33.1 Å². The first kappa shape index (κ1) is 15.1. The summed E-state index contributed by atoms with van der Waals surface area (Å²) in [6.45, 7) is 0. The fraction of sp³-hybridized carbons (Fsp3) is 0.154. The van der Waals surface area contributed by atoms with E-state index in [0.29, 0.717) is 10.6 Å². The summed E-state index contributed by atoms with van der Waals surface area (Å²) in [5.74, 6) is 0. The van der Waals surface area contributed by atoms with Crippen molar-refractivity contribution in [2.45, 2.75) is 12.3 Å². The zero-order valence-electron chi connectivity index (χ0n) is 9.83. The van der Waals surface area contributed by atoms with Crippen molar-refractivity contribution < 1.29 is 18.3 Å². The zero-order valence-corrected chi connectivity index (χ0v) is 11.3. The Morgan fingerprint density at radius 2 is 1.60 bits per heavy atom. The molecule has 1 unspecified atom stereocenters. The molecule has 0 saturated heterocycles. The van der Waals surface area contributed by atoms with E-state index >= 15 is 0 Å². The van der Waals surface area contributed by atoms with Gasteiger partial charge in [0, 0.05) is 5.02 Å². The Morgan fingerprint density at radius 1 is 1.00 bits per heavy atom. The first-order valence-corrected chi connectivity index (χ1v) is 6.22. The summed E-state index contributed by atoms with van der Waals surface area (Å²) in [4.78, 5) is 3.40. The summed E-state index contributed by atoms with van der Waals surface area (Å²) < 4.78 is 38.1. The molecule has 0 radical (unpaired) electrons. The predicted octanol–water partition coefficient (Wildman–Crippen LogP) is 4.49. The third-order valence-electron chi connectivity index (χ3n) is 2.60. The van der Waals surface area contributed by atoms with Gasteiger partial charge in [0.05, 0.1) is 10.7 Å². The highest BCUT2D eigenvalue weighted by Gasteiger charge is 2.36. The number of rotatable bonds is 2. The highest BCUT2D eigenvalue weighted by atomic mass is 35.5. The van der Waals surface area contributed by atoms with Gasteiger partial charge >= 0.3 is 6.18 Å². The maximum absolute atomic E-state index is 12.7. The number of pyridine rings is 1. The van der Waals surface area contributed by atoms with Crippen LogP contribution in [0, 0.1) is 0 Å². The molecule has 106 valence electrons. The lowest BCUT2D eigenvalue weighted by Gasteiger charge is -2.14. The molecule has 2 aromatic rings. The van der Waals surface area contributed by atoms with Crippen LogP contribution >= 0.6 is 23.2 Å². The van der Waals surface area contributed by atoms with Crippen LogP contribution in [0.25, 0.3) is 0 Å². The van der Waals surface area contributed by atoms with Gasteiger partial charge in [-0.1, -0.05) is 35.3 Å². The maximum Gasteiger partial charge on any atom is 0.434 e. The average molecular weight is 322 g/mol. The second kappa shape index (κ2) is 5.60. The lowest BCUT2D eigenvalue weighted by atomic mass is 10.1. The first-order chi connectivity index (χ1) is 9.29. The molecule has 0 aliphatic heterocycles. The van der Waals surface area contributed by atoms with E-state index in [1.54, 1.807) is 0 Å². The van der Waals surface area contributed by atoms with Gasteiger partial charge in [-0.3, -0.25) is 0 Å². The largest absolute Gasteiger partial charge is 0.434 e. The van der Waals surface area contributed by atoms with E-state index in [1.165, 1.54) is 30.3 Å². The van der Waals surface area contributed by atoms with Gasteiger partial charge in [0.25, 0.3) is 0 Å². The molecule has 0 spiro atoms. The third kappa shape index (κ3) is 3.23. The maximum atomic E-state index is 12.7. The summed E-state index contributed by atoms with van der Waals surface area (Å²) in [7, 11) is 0. The molecule has 1 N–H and O–H groups in total. The normalized spacial score (nSPS) is 13.3. The van der Waals surface area contributed by atoms with Gasteiger partial charge < -0.3 is 5.11 Å². The molecular formula is C13H8Cl2F3NO. The molecule has 1 aromatic heterocycles. The van der Waals surface area contributed by atoms with Gasteiger partial charge in [-0.15, -0.1) is 0 Å². The zero-order chi connectivity index (χ0) is 14.9. The number of nitrogens with zero attached hydrogens (tertiary/aromatic N) is 1. The Kier molecular flexibility index (Phi) is 4.22. The minimum atomic E-state index is -4.67. The van der Waals surface area contributed by atoms with E-state index in [4.69, 9.17) is 23.2 Å². The van der Waals surface area contributed by atoms with Crippen LogP contribution < -0.4 is 0 Å². The molecule has 0 saturated carbocycles. The van der Waals surface area contributed by atoms with Crippen molar-refractivity contribution in [1.82, 2.24) is 4.98 Å². The molecule has 1 heterocycles. The summed E-state index contributed by atoms with van der Waals surface area (Å²) in [5, 5.41) is 10.00. The van der Waals surface area contributed by atoms with E-state index in [9.17, 15) is 18.3 Å². The molecule has 1 aromatic carbocycles. The molecular weight excluding hydrogens is 314 g/mol. The smallest absolute Gasteiger partial charge is 0.382 e. The Balaban J connectivity index is 2.40. The molecule has 0 fully saturated rings. The predicted molar refractivity (Wildman–Crippen MR) is 69.8 cm³/mol. The quantitative estimate of drug-likeness (QED) is 0.884. The van der Waals surface area contributed by atoms with Gasteiger partial charge in [0.2, 0.25) is 0 Å². The minimum absolute atomic E-state index is 0.135. The number of hydrogen-bond donors (Lipinski definition) is 1. The molecule has 20 heavy (non-hydrogen) atoms. The van der Waals surface area contributed by atoms with Crippen molar-refractivity contribution in [3.8, 4) is 0 Å². The molecule has 7 heteroatoms. The molecule has 2 rings (SSSR count). The Labute approximate surface area is 122 Å². The molecule has 0 aliphatic carbocycles. The van der Waals surface area contributed by atoms with E-state index in [2.05, 4.69) is 4.98 Å². The van der Waals surface area contributed by atoms with Crippen LogP contribution in [0.15, 0.2) is 36.4 Å². The number of hydrogen-bond acceptors (Lipinski definition) is 2. The highest BCUT2D eigenvalue weighted by Crippen LogP contribution is 2.34. The van der Waals surface area contributed by atoms with Crippen molar-refractivity contribution in [3.63, 3.8) is 0 Å². The number of aromatic nitrogens is 1. The number of aliphatic hydroxyl groups excluding tert-OH is 1. The van der Waals surface area contributed by atoms with E-state index < -0.39 is 23.0 Å². The summed E-state index contributed by atoms with van der Waals surface area (Å²) >= 11 is 11.2. The van der Waals surface area contributed by atoms with Gasteiger partial charge in [0.1, 0.15) is 6.10 Å². The second-order valence-corrected chi connectivity index (χ2v) is 4.86.